The van der Waals surface area contributed by atoms with Crippen LogP contribution in [0.25, 0.3) is 0 Å². The molecule has 2 aliphatic heterocycles. The van der Waals surface area contributed by atoms with Gasteiger partial charge >= 0.3 is 0 Å². The van der Waals surface area contributed by atoms with E-state index in [2.05, 4.69) is 15.5 Å². The molecule has 158 valence electrons. The highest BCUT2D eigenvalue weighted by Gasteiger charge is 2.49. The fourth-order valence-electron chi connectivity index (χ4n) is 4.40. The summed E-state index contributed by atoms with van der Waals surface area (Å²) < 4.78 is 11.0. The Bertz CT molecular complexity index is 977. The fraction of sp³-hybridized carbons (Fsp3) is 0.391. The van der Waals surface area contributed by atoms with Gasteiger partial charge in [0.25, 0.3) is 5.91 Å². The average molecular weight is 409 g/mol. The molecule has 0 spiro atoms. The van der Waals surface area contributed by atoms with Crippen LogP contribution >= 0.6 is 0 Å². The molecule has 2 amide bonds. The maximum atomic E-state index is 13.0. The first-order valence-corrected chi connectivity index (χ1v) is 10.2. The van der Waals surface area contributed by atoms with E-state index in [1.807, 2.05) is 38.1 Å². The van der Waals surface area contributed by atoms with Crippen LogP contribution in [0.1, 0.15) is 29.8 Å². The zero-order chi connectivity index (χ0) is 21.3. The molecule has 2 N–H and O–H groups in total. The van der Waals surface area contributed by atoms with Crippen molar-refractivity contribution in [3.63, 3.8) is 0 Å². The normalized spacial score (nSPS) is 23.5. The number of amides is 2. The van der Waals surface area contributed by atoms with Crippen LogP contribution < -0.4 is 20.1 Å². The zero-order valence-corrected chi connectivity index (χ0v) is 17.5. The van der Waals surface area contributed by atoms with Crippen LogP contribution in [0, 0.1) is 5.92 Å². The molecule has 0 aliphatic carbocycles. The summed E-state index contributed by atoms with van der Waals surface area (Å²) in [4.78, 5) is 28.1. The Morgan fingerprint density at radius 1 is 1.17 bits per heavy atom. The van der Waals surface area contributed by atoms with Crippen molar-refractivity contribution >= 4 is 17.5 Å². The van der Waals surface area contributed by atoms with Gasteiger partial charge in [0.15, 0.2) is 11.5 Å². The molecule has 0 aromatic heterocycles. The van der Waals surface area contributed by atoms with Gasteiger partial charge in [-0.15, -0.1) is 0 Å². The molecule has 0 unspecified atom stereocenters. The number of para-hydroxylation sites is 1. The van der Waals surface area contributed by atoms with Crippen molar-refractivity contribution in [2.75, 3.05) is 32.1 Å². The van der Waals surface area contributed by atoms with Crippen LogP contribution in [-0.4, -0.2) is 49.1 Å². The molecule has 1 saturated heterocycles. The van der Waals surface area contributed by atoms with E-state index in [0.717, 1.165) is 5.56 Å². The number of anilines is 1. The molecular formula is C23H27N3O4. The Labute approximate surface area is 176 Å². The van der Waals surface area contributed by atoms with E-state index in [1.54, 1.807) is 25.3 Å². The van der Waals surface area contributed by atoms with E-state index in [9.17, 15) is 9.59 Å². The van der Waals surface area contributed by atoms with Crippen molar-refractivity contribution < 1.29 is 19.1 Å². The van der Waals surface area contributed by atoms with Crippen LogP contribution in [0.2, 0.25) is 0 Å². The number of ether oxygens (including phenoxy) is 2. The summed E-state index contributed by atoms with van der Waals surface area (Å²) in [5.41, 5.74) is 1.45. The molecule has 2 heterocycles. The number of fused-ring (bicyclic) bond motifs is 2. The number of hydrogen-bond acceptors (Lipinski definition) is 5. The highest BCUT2D eigenvalue weighted by Crippen LogP contribution is 2.34. The third-order valence-corrected chi connectivity index (χ3v) is 5.84. The molecule has 1 fully saturated rings. The quantitative estimate of drug-likeness (QED) is 0.794. The van der Waals surface area contributed by atoms with Gasteiger partial charge < -0.3 is 20.1 Å². The number of carbonyl (C=O) groups excluding carboxylic acids is 2. The molecule has 4 rings (SSSR count). The number of benzene rings is 2. The van der Waals surface area contributed by atoms with Crippen molar-refractivity contribution in [3.8, 4) is 11.5 Å². The molecule has 2 aromatic rings. The SMILES string of the molecule is CCOc1ccc(CN2C[C@H]3C(=O)Nc4ccccc4C(=O)N[C@@]3(C)C2)cc1OC. The summed E-state index contributed by atoms with van der Waals surface area (Å²) >= 11 is 0. The number of likely N-dealkylation sites (tertiary alicyclic amines) is 1. The van der Waals surface area contributed by atoms with Crippen LogP contribution in [-0.2, 0) is 11.3 Å². The van der Waals surface area contributed by atoms with Crippen molar-refractivity contribution in [2.24, 2.45) is 5.92 Å². The van der Waals surface area contributed by atoms with Gasteiger partial charge in [-0.3, -0.25) is 14.5 Å². The smallest absolute Gasteiger partial charge is 0.253 e. The zero-order valence-electron chi connectivity index (χ0n) is 17.5. The van der Waals surface area contributed by atoms with Crippen molar-refractivity contribution in [1.29, 1.82) is 0 Å². The summed E-state index contributed by atoms with van der Waals surface area (Å²) in [5, 5.41) is 6.07. The maximum absolute atomic E-state index is 13.0. The molecule has 2 aromatic carbocycles. The van der Waals surface area contributed by atoms with Crippen molar-refractivity contribution in [2.45, 2.75) is 25.9 Å². The molecule has 0 saturated carbocycles. The lowest BCUT2D eigenvalue weighted by Crippen LogP contribution is -2.56. The second-order valence-corrected chi connectivity index (χ2v) is 8.05. The molecular weight excluding hydrogens is 382 g/mol. The van der Waals surface area contributed by atoms with Gasteiger partial charge in [-0.2, -0.15) is 0 Å². The van der Waals surface area contributed by atoms with Gasteiger partial charge in [-0.05, 0) is 43.7 Å². The van der Waals surface area contributed by atoms with E-state index >= 15 is 0 Å². The Balaban J connectivity index is 1.55. The minimum absolute atomic E-state index is 0.0725. The lowest BCUT2D eigenvalue weighted by Gasteiger charge is -2.33. The highest BCUT2D eigenvalue weighted by atomic mass is 16.5. The molecule has 0 radical (unpaired) electrons. The van der Waals surface area contributed by atoms with Crippen LogP contribution in [0.15, 0.2) is 42.5 Å². The monoisotopic (exact) mass is 409 g/mol. The van der Waals surface area contributed by atoms with E-state index in [-0.39, 0.29) is 17.7 Å². The molecule has 0 bridgehead atoms. The van der Waals surface area contributed by atoms with Gasteiger partial charge in [-0.25, -0.2) is 0 Å². The summed E-state index contributed by atoms with van der Waals surface area (Å²) in [5.74, 6) is 0.814. The Morgan fingerprint density at radius 2 is 1.97 bits per heavy atom. The first-order chi connectivity index (χ1) is 14.4. The number of nitrogens with zero attached hydrogens (tertiary/aromatic N) is 1. The second-order valence-electron chi connectivity index (χ2n) is 8.05. The van der Waals surface area contributed by atoms with Gasteiger partial charge in [-0.1, -0.05) is 18.2 Å². The first kappa shape index (κ1) is 20.2. The molecule has 2 atom stereocenters. The third kappa shape index (κ3) is 3.73. The largest absolute Gasteiger partial charge is 0.493 e. The van der Waals surface area contributed by atoms with Gasteiger partial charge in [0.2, 0.25) is 5.91 Å². The minimum atomic E-state index is -0.649. The number of rotatable bonds is 5. The predicted octanol–water partition coefficient (Wildman–Crippen LogP) is 2.67. The first-order valence-electron chi connectivity index (χ1n) is 10.2. The van der Waals surface area contributed by atoms with Crippen LogP contribution in [0.3, 0.4) is 0 Å². The third-order valence-electron chi connectivity index (χ3n) is 5.84. The maximum Gasteiger partial charge on any atom is 0.253 e. The lowest BCUT2D eigenvalue weighted by atomic mass is 9.86. The fourth-order valence-corrected chi connectivity index (χ4v) is 4.40. The Hall–Kier alpha value is -3.06. The number of methoxy groups -OCH3 is 1. The van der Waals surface area contributed by atoms with Gasteiger partial charge in [0.05, 0.1) is 36.4 Å². The predicted molar refractivity (Wildman–Crippen MR) is 114 cm³/mol. The topological polar surface area (TPSA) is 79.9 Å². The van der Waals surface area contributed by atoms with Gasteiger partial charge in [0, 0.05) is 19.6 Å². The summed E-state index contributed by atoms with van der Waals surface area (Å²) in [7, 11) is 1.62. The number of nitrogens with one attached hydrogen (secondary N) is 2. The number of carbonyl (C=O) groups is 2. The average Bonchev–Trinajstić information content (AvgIpc) is 3.04. The summed E-state index contributed by atoms with van der Waals surface area (Å²) in [6.07, 6.45) is 0. The Kier molecular flexibility index (Phi) is 5.39. The van der Waals surface area contributed by atoms with Crippen molar-refractivity contribution in [1.82, 2.24) is 10.2 Å². The van der Waals surface area contributed by atoms with Crippen molar-refractivity contribution in [3.05, 3.63) is 53.6 Å². The van der Waals surface area contributed by atoms with E-state index < -0.39 is 5.54 Å². The van der Waals surface area contributed by atoms with Gasteiger partial charge in [0.1, 0.15) is 0 Å². The van der Waals surface area contributed by atoms with Crippen LogP contribution in [0.5, 0.6) is 11.5 Å². The standard InChI is InChI=1S/C23H27N3O4/c1-4-30-19-10-9-15(11-20(19)29-3)12-26-13-17-22(28)24-18-8-6-5-7-16(18)21(27)25-23(17,2)14-26/h5-11,17H,4,12-14H2,1-3H3,(H,24,28)(H,25,27)/t17-,23-/m0/s1. The Morgan fingerprint density at radius 3 is 2.73 bits per heavy atom. The highest BCUT2D eigenvalue weighted by molar-refractivity contribution is 6.06. The summed E-state index contributed by atoms with van der Waals surface area (Å²) in [6.45, 7) is 6.23. The lowest BCUT2D eigenvalue weighted by molar-refractivity contribution is -0.121. The molecule has 7 nitrogen and oxygen atoms in total. The van der Waals surface area contributed by atoms with Crippen LogP contribution in [0.4, 0.5) is 5.69 Å². The van der Waals surface area contributed by atoms with E-state index in [4.69, 9.17) is 9.47 Å². The second kappa shape index (κ2) is 7.99. The van der Waals surface area contributed by atoms with E-state index in [1.165, 1.54) is 0 Å². The minimum Gasteiger partial charge on any atom is -0.493 e. The summed E-state index contributed by atoms with van der Waals surface area (Å²) in [6, 6.07) is 13.0. The molecule has 7 heteroatoms. The van der Waals surface area contributed by atoms with E-state index in [0.29, 0.717) is 49.0 Å². The number of hydrogen-bond donors (Lipinski definition) is 2. The molecule has 2 aliphatic rings. The molecule has 30 heavy (non-hydrogen) atoms.